The Labute approximate surface area is 177 Å². The first-order valence-corrected chi connectivity index (χ1v) is 10.5. The zero-order valence-corrected chi connectivity index (χ0v) is 18.0. The maximum absolute atomic E-state index is 11.4. The van der Waals surface area contributed by atoms with Gasteiger partial charge >= 0.3 is 0 Å². The zero-order chi connectivity index (χ0) is 21.4. The van der Waals surface area contributed by atoms with Gasteiger partial charge in [0.2, 0.25) is 0 Å². The van der Waals surface area contributed by atoms with E-state index >= 15 is 0 Å². The lowest BCUT2D eigenvalue weighted by atomic mass is 10.1. The maximum Gasteiger partial charge on any atom is 0.159 e. The summed E-state index contributed by atoms with van der Waals surface area (Å²) >= 11 is 1.62. The first-order valence-electron chi connectivity index (χ1n) is 9.26. The van der Waals surface area contributed by atoms with Gasteiger partial charge in [0.15, 0.2) is 5.78 Å². The number of allylic oxidation sites excluding steroid dienone is 2. The van der Waals surface area contributed by atoms with Crippen molar-refractivity contribution in [3.8, 4) is 6.07 Å². The van der Waals surface area contributed by atoms with E-state index < -0.39 is 0 Å². The van der Waals surface area contributed by atoms with Crippen LogP contribution in [-0.2, 0) is 0 Å². The molecule has 29 heavy (non-hydrogen) atoms. The minimum absolute atomic E-state index is 0.0277. The second kappa shape index (κ2) is 10.4. The van der Waals surface area contributed by atoms with Crippen LogP contribution in [0.2, 0.25) is 0 Å². The summed E-state index contributed by atoms with van der Waals surface area (Å²) in [7, 11) is 0. The Morgan fingerprint density at radius 1 is 1.14 bits per heavy atom. The highest BCUT2D eigenvalue weighted by molar-refractivity contribution is 8.03. The monoisotopic (exact) mass is 403 g/mol. The molecule has 0 spiro atoms. The van der Waals surface area contributed by atoms with Gasteiger partial charge in [-0.3, -0.25) is 4.79 Å². The number of thioether (sulfide) groups is 1. The summed E-state index contributed by atoms with van der Waals surface area (Å²) in [6.45, 7) is 9.83. The van der Waals surface area contributed by atoms with Crippen molar-refractivity contribution >= 4 is 28.9 Å². The number of carbonyl (C=O) groups is 1. The van der Waals surface area contributed by atoms with Crippen molar-refractivity contribution < 1.29 is 4.79 Å². The molecule has 4 nitrogen and oxygen atoms in total. The van der Waals surface area contributed by atoms with Gasteiger partial charge in [0, 0.05) is 21.7 Å². The summed E-state index contributed by atoms with van der Waals surface area (Å²) in [5.41, 5.74) is 3.79. The van der Waals surface area contributed by atoms with E-state index in [1.807, 2.05) is 30.5 Å². The van der Waals surface area contributed by atoms with Crippen LogP contribution in [0.1, 0.15) is 42.3 Å². The van der Waals surface area contributed by atoms with Crippen LogP contribution >= 0.6 is 11.8 Å². The van der Waals surface area contributed by atoms with Gasteiger partial charge in [-0.25, -0.2) is 4.99 Å². The number of benzene rings is 2. The molecule has 148 valence electrons. The van der Waals surface area contributed by atoms with Gasteiger partial charge in [-0.1, -0.05) is 38.6 Å². The fraction of sp³-hybridized carbons (Fsp3) is 0.208. The molecule has 0 atom stereocenters. The molecule has 2 rings (SSSR count). The number of nitrogens with zero attached hydrogens (tertiary/aromatic N) is 2. The number of hydrogen-bond donors (Lipinski definition) is 1. The number of aliphatic imine (C=N–C) groups is 1. The molecule has 2 aromatic rings. The molecule has 0 aromatic heterocycles. The number of rotatable bonds is 8. The molecule has 0 heterocycles. The third kappa shape index (κ3) is 6.48. The third-order valence-corrected chi connectivity index (χ3v) is 4.82. The van der Waals surface area contributed by atoms with E-state index in [1.54, 1.807) is 43.0 Å². The van der Waals surface area contributed by atoms with Crippen LogP contribution in [0.25, 0.3) is 0 Å². The van der Waals surface area contributed by atoms with Crippen molar-refractivity contribution in [1.29, 1.82) is 5.26 Å². The first-order chi connectivity index (χ1) is 13.8. The highest BCUT2D eigenvalue weighted by Gasteiger charge is 2.12. The van der Waals surface area contributed by atoms with Crippen LogP contribution in [0.3, 0.4) is 0 Å². The van der Waals surface area contributed by atoms with Crippen molar-refractivity contribution in [1.82, 2.24) is 0 Å². The molecule has 0 aliphatic rings. The molecular weight excluding hydrogens is 378 g/mol. The SMILES string of the molecule is C=C(N=C(/C(=C\C(C)C)SC)c1ccc(C#N)cc1)Nc1ccc(C(C)=O)cc1. The van der Waals surface area contributed by atoms with Gasteiger partial charge in [-0.15, -0.1) is 11.8 Å². The average Bonchev–Trinajstić information content (AvgIpc) is 2.70. The summed E-state index contributed by atoms with van der Waals surface area (Å²) in [6, 6.07) is 16.7. The van der Waals surface area contributed by atoms with E-state index in [4.69, 9.17) is 10.3 Å². The highest BCUT2D eigenvalue weighted by atomic mass is 32.2. The van der Waals surface area contributed by atoms with E-state index in [-0.39, 0.29) is 5.78 Å². The molecule has 2 aromatic carbocycles. The molecule has 5 heteroatoms. The molecule has 0 aliphatic heterocycles. The van der Waals surface area contributed by atoms with E-state index in [2.05, 4.69) is 37.9 Å². The Balaban J connectivity index is 2.37. The van der Waals surface area contributed by atoms with Crippen LogP contribution in [0.5, 0.6) is 0 Å². The predicted molar refractivity (Wildman–Crippen MR) is 123 cm³/mol. The maximum atomic E-state index is 11.4. The topological polar surface area (TPSA) is 65.2 Å². The summed E-state index contributed by atoms with van der Waals surface area (Å²) in [5.74, 6) is 0.880. The molecule has 1 N–H and O–H groups in total. The lowest BCUT2D eigenvalue weighted by molar-refractivity contribution is 0.101. The van der Waals surface area contributed by atoms with Crippen LogP contribution in [0, 0.1) is 17.2 Å². The number of anilines is 1. The van der Waals surface area contributed by atoms with E-state index in [1.165, 1.54) is 0 Å². The molecule has 0 saturated carbocycles. The Hall–Kier alpha value is -3.10. The third-order valence-electron chi connectivity index (χ3n) is 4.05. The minimum atomic E-state index is 0.0277. The van der Waals surface area contributed by atoms with Crippen molar-refractivity contribution in [3.63, 3.8) is 0 Å². The summed E-state index contributed by atoms with van der Waals surface area (Å²) in [4.78, 5) is 17.2. The second-order valence-electron chi connectivity index (χ2n) is 6.83. The van der Waals surface area contributed by atoms with Crippen LogP contribution in [0.15, 0.2) is 76.9 Å². The van der Waals surface area contributed by atoms with Gasteiger partial charge in [-0.2, -0.15) is 5.26 Å². The normalized spacial score (nSPS) is 11.9. The van der Waals surface area contributed by atoms with Crippen molar-refractivity contribution in [2.75, 3.05) is 11.6 Å². The molecule has 0 fully saturated rings. The molecule has 0 unspecified atom stereocenters. The Morgan fingerprint density at radius 3 is 2.21 bits per heavy atom. The van der Waals surface area contributed by atoms with Gasteiger partial charge < -0.3 is 5.32 Å². The van der Waals surface area contributed by atoms with Gasteiger partial charge in [0.25, 0.3) is 0 Å². The summed E-state index contributed by atoms with van der Waals surface area (Å²) in [6.07, 6.45) is 4.18. The number of Topliss-reactive ketones (excluding diaryl/α,β-unsaturated/α-hetero) is 1. The minimum Gasteiger partial charge on any atom is -0.341 e. The van der Waals surface area contributed by atoms with E-state index in [0.717, 1.165) is 21.9 Å². The smallest absolute Gasteiger partial charge is 0.159 e. The van der Waals surface area contributed by atoms with E-state index in [0.29, 0.717) is 22.9 Å². The number of ketones is 1. The van der Waals surface area contributed by atoms with E-state index in [9.17, 15) is 4.79 Å². The molecule has 0 saturated heterocycles. The summed E-state index contributed by atoms with van der Waals surface area (Å²) in [5, 5.41) is 12.2. The second-order valence-corrected chi connectivity index (χ2v) is 7.68. The van der Waals surface area contributed by atoms with Crippen LogP contribution < -0.4 is 5.32 Å². The zero-order valence-electron chi connectivity index (χ0n) is 17.2. The molecule has 0 bridgehead atoms. The highest BCUT2D eigenvalue weighted by Crippen LogP contribution is 2.23. The Morgan fingerprint density at radius 2 is 1.72 bits per heavy atom. The standard InChI is InChI=1S/C24H25N3OS/c1-16(2)14-23(29-5)24(21-8-6-19(15-25)7-9-21)27-18(4)26-22-12-10-20(11-13-22)17(3)28/h6-14,16,26H,4H2,1-3,5H3/b23-14+,27-24?. The number of carbonyl (C=O) groups excluding carboxylic acids is 1. The molecule has 0 amide bonds. The lowest BCUT2D eigenvalue weighted by Crippen LogP contribution is -2.07. The fourth-order valence-corrected chi connectivity index (χ4v) is 3.39. The van der Waals surface area contributed by atoms with Gasteiger partial charge in [0.05, 0.1) is 17.3 Å². The average molecular weight is 404 g/mol. The van der Waals surface area contributed by atoms with Gasteiger partial charge in [-0.05, 0) is 55.5 Å². The Kier molecular flexibility index (Phi) is 7.99. The van der Waals surface area contributed by atoms with Crippen LogP contribution in [-0.4, -0.2) is 17.8 Å². The molecular formula is C24H25N3OS. The van der Waals surface area contributed by atoms with Crippen molar-refractivity contribution in [3.05, 3.63) is 88.6 Å². The first kappa shape index (κ1) is 22.2. The number of hydrogen-bond acceptors (Lipinski definition) is 5. The lowest BCUT2D eigenvalue weighted by Gasteiger charge is -2.13. The fourth-order valence-electron chi connectivity index (χ4n) is 2.63. The predicted octanol–water partition coefficient (Wildman–Crippen LogP) is 6.04. The van der Waals surface area contributed by atoms with Gasteiger partial charge in [0.1, 0.15) is 5.82 Å². The van der Waals surface area contributed by atoms with Crippen molar-refractivity contribution in [2.45, 2.75) is 20.8 Å². The molecule has 0 aliphatic carbocycles. The molecule has 0 radical (unpaired) electrons. The number of nitrogens with one attached hydrogen (secondary N) is 1. The largest absolute Gasteiger partial charge is 0.341 e. The van der Waals surface area contributed by atoms with Crippen molar-refractivity contribution in [2.24, 2.45) is 10.9 Å². The Bertz CT molecular complexity index is 978. The van der Waals surface area contributed by atoms with Crippen LogP contribution in [0.4, 0.5) is 5.69 Å². The quantitative estimate of drug-likeness (QED) is 0.431. The number of nitriles is 1. The summed E-state index contributed by atoms with van der Waals surface area (Å²) < 4.78 is 0.